The van der Waals surface area contributed by atoms with Gasteiger partial charge >= 0.3 is 0 Å². The van der Waals surface area contributed by atoms with Crippen LogP contribution in [0.25, 0.3) is 65.3 Å². The first-order chi connectivity index (χ1) is 31.0. The molecule has 0 spiro atoms. The molecule has 0 heterocycles. The van der Waals surface area contributed by atoms with Crippen molar-refractivity contribution in [3.63, 3.8) is 0 Å². The summed E-state index contributed by atoms with van der Waals surface area (Å²) in [5, 5.41) is 9.71. The Bertz CT molecular complexity index is 3550. The van der Waals surface area contributed by atoms with E-state index in [0.717, 1.165) is 34.1 Å². The first-order valence-corrected chi connectivity index (χ1v) is 21.9. The lowest BCUT2D eigenvalue weighted by Crippen LogP contribution is -2.16. The predicted octanol–water partition coefficient (Wildman–Crippen LogP) is 17.2. The van der Waals surface area contributed by atoms with Crippen LogP contribution in [0.1, 0.15) is 25.0 Å². The van der Waals surface area contributed by atoms with Gasteiger partial charge < -0.3 is 9.80 Å². The Morgan fingerprint density at radius 2 is 0.762 bits per heavy atom. The van der Waals surface area contributed by atoms with Crippen LogP contribution in [0.3, 0.4) is 0 Å². The van der Waals surface area contributed by atoms with Crippen LogP contribution in [0.15, 0.2) is 231 Å². The van der Waals surface area contributed by atoms with Crippen LogP contribution in [0, 0.1) is 0 Å². The van der Waals surface area contributed by atoms with Gasteiger partial charge in [0.1, 0.15) is 0 Å². The lowest BCUT2D eigenvalue weighted by Gasteiger charge is -2.29. The molecule has 0 amide bonds. The summed E-state index contributed by atoms with van der Waals surface area (Å²) in [4.78, 5) is 4.89. The van der Waals surface area contributed by atoms with Crippen LogP contribution in [-0.4, -0.2) is 0 Å². The summed E-state index contributed by atoms with van der Waals surface area (Å²) in [5.74, 6) is 0. The molecular formula is C61H44N2. The van der Waals surface area contributed by atoms with Gasteiger partial charge in [-0.3, -0.25) is 0 Å². The molecule has 2 heteroatoms. The van der Waals surface area contributed by atoms with Gasteiger partial charge in [-0.2, -0.15) is 0 Å². The average molecular weight is 805 g/mol. The van der Waals surface area contributed by atoms with Gasteiger partial charge in [0, 0.05) is 38.6 Å². The van der Waals surface area contributed by atoms with Gasteiger partial charge in [-0.1, -0.05) is 190 Å². The highest BCUT2D eigenvalue weighted by molar-refractivity contribution is 6.09. The number of fused-ring (bicyclic) bond motifs is 7. The van der Waals surface area contributed by atoms with E-state index in [4.69, 9.17) is 0 Å². The van der Waals surface area contributed by atoms with E-state index in [1.165, 1.54) is 76.5 Å². The molecule has 11 aromatic rings. The molecule has 1 aliphatic carbocycles. The van der Waals surface area contributed by atoms with E-state index in [-0.39, 0.29) is 5.41 Å². The topological polar surface area (TPSA) is 6.48 Å². The number of benzene rings is 11. The predicted molar refractivity (Wildman–Crippen MR) is 269 cm³/mol. The van der Waals surface area contributed by atoms with E-state index in [9.17, 15) is 0 Å². The first kappa shape index (κ1) is 36.9. The van der Waals surface area contributed by atoms with Crippen molar-refractivity contribution in [1.29, 1.82) is 0 Å². The standard InChI is InChI=1S/C61H44N2/c1-61(2)56-27-10-9-23-53(56)54-38-37-48(40-57(54)61)62(58-28-11-19-42-16-5-7-21-50(42)58)46-34-32-44(33-35-46)49-24-13-26-55-52(49)25-14-30-60(55)63(47-36-31-41-15-3-4-18-45(41)39-47)59-29-12-20-43-17-6-8-22-51(43)59/h3-40H,1-2H3. The highest BCUT2D eigenvalue weighted by Gasteiger charge is 2.36. The van der Waals surface area contributed by atoms with Gasteiger partial charge in [0.05, 0.1) is 17.1 Å². The molecule has 1 aliphatic rings. The molecule has 0 aliphatic heterocycles. The zero-order chi connectivity index (χ0) is 42.1. The number of rotatable bonds is 7. The van der Waals surface area contributed by atoms with E-state index in [1.54, 1.807) is 0 Å². The zero-order valence-corrected chi connectivity index (χ0v) is 35.3. The zero-order valence-electron chi connectivity index (χ0n) is 35.3. The molecule has 63 heavy (non-hydrogen) atoms. The van der Waals surface area contributed by atoms with Crippen molar-refractivity contribution in [2.75, 3.05) is 9.80 Å². The Balaban J connectivity index is 0.998. The normalized spacial score (nSPS) is 12.7. The number of nitrogens with zero attached hydrogens (tertiary/aromatic N) is 2. The van der Waals surface area contributed by atoms with Crippen LogP contribution < -0.4 is 9.80 Å². The summed E-state index contributed by atoms with van der Waals surface area (Å²) in [6, 6.07) is 84.8. The summed E-state index contributed by atoms with van der Waals surface area (Å²) >= 11 is 0. The molecular weight excluding hydrogens is 761 g/mol. The minimum atomic E-state index is -0.110. The molecule has 0 atom stereocenters. The Morgan fingerprint density at radius 1 is 0.286 bits per heavy atom. The quantitative estimate of drug-likeness (QED) is 0.158. The molecule has 0 radical (unpaired) electrons. The monoisotopic (exact) mass is 804 g/mol. The van der Waals surface area contributed by atoms with Gasteiger partial charge in [0.15, 0.2) is 0 Å². The molecule has 0 bridgehead atoms. The van der Waals surface area contributed by atoms with Crippen molar-refractivity contribution < 1.29 is 0 Å². The fourth-order valence-electron chi connectivity index (χ4n) is 10.3. The van der Waals surface area contributed by atoms with Crippen LogP contribution in [0.5, 0.6) is 0 Å². The lowest BCUT2D eigenvalue weighted by molar-refractivity contribution is 0.660. The molecule has 0 saturated heterocycles. The fourth-order valence-corrected chi connectivity index (χ4v) is 10.3. The van der Waals surface area contributed by atoms with Crippen LogP contribution in [0.2, 0.25) is 0 Å². The second-order valence-corrected chi connectivity index (χ2v) is 17.3. The highest BCUT2D eigenvalue weighted by atomic mass is 15.1. The van der Waals surface area contributed by atoms with Gasteiger partial charge in [-0.05, 0) is 115 Å². The lowest BCUT2D eigenvalue weighted by atomic mass is 9.82. The van der Waals surface area contributed by atoms with Crippen molar-refractivity contribution in [3.05, 3.63) is 242 Å². The van der Waals surface area contributed by atoms with E-state index < -0.39 is 0 Å². The van der Waals surface area contributed by atoms with Crippen LogP contribution in [-0.2, 0) is 5.41 Å². The minimum absolute atomic E-state index is 0.110. The summed E-state index contributed by atoms with van der Waals surface area (Å²) in [6.45, 7) is 4.72. The average Bonchev–Trinajstić information content (AvgIpc) is 3.57. The summed E-state index contributed by atoms with van der Waals surface area (Å²) in [6.07, 6.45) is 0. The molecule has 12 rings (SSSR count). The number of hydrogen-bond acceptors (Lipinski definition) is 2. The smallest absolute Gasteiger partial charge is 0.0540 e. The van der Waals surface area contributed by atoms with Crippen molar-refractivity contribution in [2.24, 2.45) is 0 Å². The molecule has 0 fully saturated rings. The summed E-state index contributed by atoms with van der Waals surface area (Å²) < 4.78 is 0. The third-order valence-electron chi connectivity index (χ3n) is 13.4. The molecule has 0 saturated carbocycles. The molecule has 2 nitrogen and oxygen atoms in total. The van der Waals surface area contributed by atoms with Crippen molar-refractivity contribution in [3.8, 4) is 22.3 Å². The highest BCUT2D eigenvalue weighted by Crippen LogP contribution is 2.51. The second-order valence-electron chi connectivity index (χ2n) is 17.3. The molecule has 0 aromatic heterocycles. The molecule has 0 unspecified atom stereocenters. The van der Waals surface area contributed by atoms with E-state index in [2.05, 4.69) is 254 Å². The largest absolute Gasteiger partial charge is 0.310 e. The Kier molecular flexibility index (Phi) is 8.55. The van der Waals surface area contributed by atoms with Gasteiger partial charge in [-0.15, -0.1) is 0 Å². The van der Waals surface area contributed by atoms with Gasteiger partial charge in [0.2, 0.25) is 0 Å². The SMILES string of the molecule is CC1(C)c2ccccc2-c2ccc(N(c3ccc(-c4cccc5c(N(c6ccc7ccccc7c6)c6cccc7ccccc67)cccc45)cc3)c3cccc4ccccc34)cc21. The van der Waals surface area contributed by atoms with E-state index in [1.807, 2.05) is 0 Å². The molecule has 11 aromatic carbocycles. The van der Waals surface area contributed by atoms with Crippen LogP contribution >= 0.6 is 0 Å². The van der Waals surface area contributed by atoms with E-state index >= 15 is 0 Å². The third-order valence-corrected chi connectivity index (χ3v) is 13.4. The maximum atomic E-state index is 2.45. The van der Waals surface area contributed by atoms with Crippen molar-refractivity contribution in [1.82, 2.24) is 0 Å². The van der Waals surface area contributed by atoms with Gasteiger partial charge in [0.25, 0.3) is 0 Å². The molecule has 298 valence electrons. The van der Waals surface area contributed by atoms with E-state index in [0.29, 0.717) is 0 Å². The van der Waals surface area contributed by atoms with Crippen LogP contribution in [0.4, 0.5) is 34.1 Å². The minimum Gasteiger partial charge on any atom is -0.310 e. The maximum absolute atomic E-state index is 2.45. The third kappa shape index (κ3) is 6.02. The summed E-state index contributed by atoms with van der Waals surface area (Å²) in [5.41, 5.74) is 14.5. The van der Waals surface area contributed by atoms with Crippen molar-refractivity contribution >= 4 is 77.2 Å². The maximum Gasteiger partial charge on any atom is 0.0540 e. The Morgan fingerprint density at radius 3 is 1.51 bits per heavy atom. The fraction of sp³-hybridized carbons (Fsp3) is 0.0492. The van der Waals surface area contributed by atoms with Crippen molar-refractivity contribution in [2.45, 2.75) is 19.3 Å². The van der Waals surface area contributed by atoms with Gasteiger partial charge in [-0.25, -0.2) is 0 Å². The molecule has 0 N–H and O–H groups in total. The Hall–Kier alpha value is -7.94. The Labute approximate surface area is 368 Å². The number of anilines is 6. The number of hydrogen-bond donors (Lipinski definition) is 0. The second kappa shape index (κ2) is 14.6. The first-order valence-electron chi connectivity index (χ1n) is 21.9. The summed E-state index contributed by atoms with van der Waals surface area (Å²) in [7, 11) is 0.